The van der Waals surface area contributed by atoms with E-state index in [1.165, 1.54) is 6.20 Å². The standard InChI is InChI=1S/C7H5FN2O/c8-7-3-6(11)5(1-2-9)4-10-7/h3-4H,1H2,(H,10,11). The largest absolute Gasteiger partial charge is 0.338 e. The minimum absolute atomic E-state index is 0.00954. The lowest BCUT2D eigenvalue weighted by atomic mass is 10.2. The van der Waals surface area contributed by atoms with Crippen molar-refractivity contribution in [2.45, 2.75) is 6.42 Å². The van der Waals surface area contributed by atoms with Crippen molar-refractivity contribution in [3.8, 4) is 6.07 Å². The van der Waals surface area contributed by atoms with Crippen LogP contribution >= 0.6 is 0 Å². The lowest BCUT2D eigenvalue weighted by Gasteiger charge is -1.91. The summed E-state index contributed by atoms with van der Waals surface area (Å²) in [5, 5.41) is 8.22. The smallest absolute Gasteiger partial charge is 0.194 e. The molecule has 0 amide bonds. The van der Waals surface area contributed by atoms with Gasteiger partial charge in [-0.2, -0.15) is 9.65 Å². The van der Waals surface area contributed by atoms with Crippen molar-refractivity contribution in [1.82, 2.24) is 4.98 Å². The number of aromatic amines is 1. The molecule has 3 nitrogen and oxygen atoms in total. The van der Waals surface area contributed by atoms with Gasteiger partial charge >= 0.3 is 0 Å². The molecule has 0 aromatic carbocycles. The van der Waals surface area contributed by atoms with Crippen LogP contribution in [0.1, 0.15) is 5.56 Å². The van der Waals surface area contributed by atoms with E-state index in [1.807, 2.05) is 0 Å². The van der Waals surface area contributed by atoms with Crippen molar-refractivity contribution in [3.05, 3.63) is 34.0 Å². The molecule has 4 heteroatoms. The summed E-state index contributed by atoms with van der Waals surface area (Å²) >= 11 is 0. The molecule has 1 aromatic heterocycles. The quantitative estimate of drug-likeness (QED) is 0.598. The number of hydrogen-bond donors (Lipinski definition) is 1. The van der Waals surface area contributed by atoms with E-state index in [-0.39, 0.29) is 12.0 Å². The van der Waals surface area contributed by atoms with E-state index in [4.69, 9.17) is 5.26 Å². The van der Waals surface area contributed by atoms with Gasteiger partial charge in [-0.1, -0.05) is 0 Å². The molecule has 0 aliphatic carbocycles. The SMILES string of the molecule is N#CCc1c[nH]c(F)cc1=O. The van der Waals surface area contributed by atoms with Crippen LogP contribution < -0.4 is 5.43 Å². The number of rotatable bonds is 1. The van der Waals surface area contributed by atoms with Crippen LogP contribution in [-0.2, 0) is 6.42 Å². The molecule has 1 N–H and O–H groups in total. The lowest BCUT2D eigenvalue weighted by Crippen LogP contribution is -2.08. The van der Waals surface area contributed by atoms with E-state index in [2.05, 4.69) is 4.98 Å². The van der Waals surface area contributed by atoms with Gasteiger partial charge in [-0.15, -0.1) is 0 Å². The number of nitrogens with zero attached hydrogens (tertiary/aromatic N) is 1. The fourth-order valence-electron chi connectivity index (χ4n) is 0.700. The molecule has 1 heterocycles. The van der Waals surface area contributed by atoms with E-state index >= 15 is 0 Å². The summed E-state index contributed by atoms with van der Waals surface area (Å²) in [5.74, 6) is -0.684. The topological polar surface area (TPSA) is 56.6 Å². The Kier molecular flexibility index (Phi) is 2.02. The van der Waals surface area contributed by atoms with Gasteiger partial charge in [0.2, 0.25) is 0 Å². The Bertz CT molecular complexity index is 350. The zero-order valence-electron chi connectivity index (χ0n) is 5.60. The Labute approximate surface area is 62.1 Å². The third kappa shape index (κ3) is 1.64. The van der Waals surface area contributed by atoms with Crippen LogP contribution in [0.25, 0.3) is 0 Å². The summed E-state index contributed by atoms with van der Waals surface area (Å²) in [6.07, 6.45) is 1.22. The number of pyridine rings is 1. The first-order valence-electron chi connectivity index (χ1n) is 2.98. The highest BCUT2D eigenvalue weighted by Gasteiger charge is 1.98. The van der Waals surface area contributed by atoms with Crippen molar-refractivity contribution < 1.29 is 4.39 Å². The number of hydrogen-bond acceptors (Lipinski definition) is 2. The van der Waals surface area contributed by atoms with Crippen molar-refractivity contribution in [1.29, 1.82) is 5.26 Å². The zero-order chi connectivity index (χ0) is 8.27. The van der Waals surface area contributed by atoms with Crippen molar-refractivity contribution in [2.75, 3.05) is 0 Å². The second-order valence-corrected chi connectivity index (χ2v) is 2.01. The molecule has 0 spiro atoms. The number of halogens is 1. The Morgan fingerprint density at radius 2 is 2.45 bits per heavy atom. The normalized spacial score (nSPS) is 9.09. The predicted octanol–water partition coefficient (Wildman–Crippen LogP) is 0.580. The summed E-state index contributed by atoms with van der Waals surface area (Å²) in [4.78, 5) is 13.0. The summed E-state index contributed by atoms with van der Waals surface area (Å²) in [6, 6.07) is 2.63. The highest BCUT2D eigenvalue weighted by Crippen LogP contribution is 1.91. The van der Waals surface area contributed by atoms with E-state index < -0.39 is 11.4 Å². The van der Waals surface area contributed by atoms with Crippen LogP contribution in [0.3, 0.4) is 0 Å². The third-order valence-electron chi connectivity index (χ3n) is 1.23. The second-order valence-electron chi connectivity index (χ2n) is 2.01. The van der Waals surface area contributed by atoms with Gasteiger partial charge in [-0.3, -0.25) is 4.79 Å². The van der Waals surface area contributed by atoms with E-state index in [0.717, 1.165) is 6.07 Å². The van der Waals surface area contributed by atoms with Gasteiger partial charge in [0.15, 0.2) is 11.4 Å². The molecule has 0 aliphatic heterocycles. The van der Waals surface area contributed by atoms with Crippen molar-refractivity contribution in [2.24, 2.45) is 0 Å². The molecule has 11 heavy (non-hydrogen) atoms. The van der Waals surface area contributed by atoms with Crippen LogP contribution in [0.5, 0.6) is 0 Å². The highest BCUT2D eigenvalue weighted by molar-refractivity contribution is 5.13. The van der Waals surface area contributed by atoms with E-state index in [1.54, 1.807) is 6.07 Å². The monoisotopic (exact) mass is 152 g/mol. The van der Waals surface area contributed by atoms with Gasteiger partial charge in [0.25, 0.3) is 0 Å². The van der Waals surface area contributed by atoms with Gasteiger partial charge in [0, 0.05) is 17.8 Å². The summed E-state index contributed by atoms with van der Waals surface area (Å²) < 4.78 is 12.2. The van der Waals surface area contributed by atoms with Crippen LogP contribution in [0.15, 0.2) is 17.1 Å². The van der Waals surface area contributed by atoms with Crippen molar-refractivity contribution in [3.63, 3.8) is 0 Å². The number of H-pyrrole nitrogens is 1. The zero-order valence-corrected chi connectivity index (χ0v) is 5.60. The van der Waals surface area contributed by atoms with Gasteiger partial charge in [-0.05, 0) is 0 Å². The Morgan fingerprint density at radius 1 is 1.73 bits per heavy atom. The maximum absolute atomic E-state index is 12.2. The fourth-order valence-corrected chi connectivity index (χ4v) is 0.700. The van der Waals surface area contributed by atoms with Crippen LogP contribution in [0.4, 0.5) is 4.39 Å². The first kappa shape index (κ1) is 7.48. The molecule has 0 saturated heterocycles. The lowest BCUT2D eigenvalue weighted by molar-refractivity contribution is 0.581. The van der Waals surface area contributed by atoms with Crippen LogP contribution in [0.2, 0.25) is 0 Å². The molecule has 0 atom stereocenters. The Morgan fingerprint density at radius 3 is 3.00 bits per heavy atom. The first-order chi connectivity index (χ1) is 5.24. The third-order valence-corrected chi connectivity index (χ3v) is 1.23. The molecule has 0 aliphatic rings. The van der Waals surface area contributed by atoms with E-state index in [0.29, 0.717) is 0 Å². The molecular formula is C7H5FN2O. The average molecular weight is 152 g/mol. The number of nitriles is 1. The molecule has 0 bridgehead atoms. The maximum atomic E-state index is 12.2. The van der Waals surface area contributed by atoms with Gasteiger partial charge < -0.3 is 4.98 Å². The summed E-state index contributed by atoms with van der Waals surface area (Å²) in [6.45, 7) is 0. The minimum atomic E-state index is -0.684. The highest BCUT2D eigenvalue weighted by atomic mass is 19.1. The van der Waals surface area contributed by atoms with Crippen LogP contribution in [-0.4, -0.2) is 4.98 Å². The molecule has 0 radical (unpaired) electrons. The Hall–Kier alpha value is -1.63. The Balaban J connectivity index is 3.12. The molecule has 0 unspecified atom stereocenters. The maximum Gasteiger partial charge on any atom is 0.194 e. The molecule has 56 valence electrons. The molecule has 0 fully saturated rings. The van der Waals surface area contributed by atoms with Gasteiger partial charge in [0.05, 0.1) is 12.5 Å². The minimum Gasteiger partial charge on any atom is -0.338 e. The van der Waals surface area contributed by atoms with E-state index in [9.17, 15) is 9.18 Å². The summed E-state index contributed by atoms with van der Waals surface area (Å²) in [7, 11) is 0. The molecule has 1 aromatic rings. The predicted molar refractivity (Wildman–Crippen MR) is 36.3 cm³/mol. The second kappa shape index (κ2) is 2.97. The fraction of sp³-hybridized carbons (Fsp3) is 0.143. The van der Waals surface area contributed by atoms with Crippen molar-refractivity contribution >= 4 is 0 Å². The summed E-state index contributed by atoms with van der Waals surface area (Å²) in [5.41, 5.74) is -0.156. The number of nitrogens with one attached hydrogen (secondary N) is 1. The van der Waals surface area contributed by atoms with Gasteiger partial charge in [0.1, 0.15) is 0 Å². The molecule has 0 saturated carbocycles. The van der Waals surface area contributed by atoms with Crippen LogP contribution in [0, 0.1) is 17.3 Å². The molecular weight excluding hydrogens is 147 g/mol. The van der Waals surface area contributed by atoms with Gasteiger partial charge in [-0.25, -0.2) is 0 Å². The molecule has 1 rings (SSSR count). The first-order valence-corrected chi connectivity index (χ1v) is 2.98. The number of aromatic nitrogens is 1. The average Bonchev–Trinajstić information content (AvgIpc) is 1.95.